The van der Waals surface area contributed by atoms with Crippen molar-refractivity contribution in [2.24, 2.45) is 0 Å². The van der Waals surface area contributed by atoms with Crippen LogP contribution in [0.2, 0.25) is 0 Å². The maximum Gasteiger partial charge on any atom is 0.416 e. The lowest BCUT2D eigenvalue weighted by Gasteiger charge is -2.22. The van der Waals surface area contributed by atoms with E-state index in [4.69, 9.17) is 0 Å². The van der Waals surface area contributed by atoms with Gasteiger partial charge in [-0.25, -0.2) is 9.97 Å². The molecule has 8 nitrogen and oxygen atoms in total. The third kappa shape index (κ3) is 7.51. The van der Waals surface area contributed by atoms with E-state index in [9.17, 15) is 22.8 Å². The first-order valence-electron chi connectivity index (χ1n) is 12.7. The predicted molar refractivity (Wildman–Crippen MR) is 148 cm³/mol. The largest absolute Gasteiger partial charge is 0.416 e. The van der Waals surface area contributed by atoms with Gasteiger partial charge in [-0.15, -0.1) is 0 Å². The van der Waals surface area contributed by atoms with E-state index in [1.165, 1.54) is 24.5 Å². The van der Waals surface area contributed by atoms with E-state index in [0.29, 0.717) is 36.1 Å². The minimum atomic E-state index is -4.60. The van der Waals surface area contributed by atoms with Gasteiger partial charge in [0.25, 0.3) is 5.91 Å². The molecule has 2 heterocycles. The zero-order valence-corrected chi connectivity index (χ0v) is 22.5. The van der Waals surface area contributed by atoms with Gasteiger partial charge in [0.2, 0.25) is 5.91 Å². The third-order valence-electron chi connectivity index (χ3n) is 6.81. The molecule has 1 atom stereocenters. The van der Waals surface area contributed by atoms with Crippen molar-refractivity contribution in [2.45, 2.75) is 32.1 Å². The maximum absolute atomic E-state index is 14.0. The molecule has 1 fully saturated rings. The number of nitrogens with zero attached hydrogens (tertiary/aromatic N) is 4. The Morgan fingerprint density at radius 1 is 1.10 bits per heavy atom. The van der Waals surface area contributed by atoms with Crippen molar-refractivity contribution in [2.75, 3.05) is 37.8 Å². The molecule has 11 heteroatoms. The van der Waals surface area contributed by atoms with Crippen LogP contribution in [0.3, 0.4) is 0 Å². The number of amides is 2. The molecule has 0 spiro atoms. The number of hydrogen-bond acceptors (Lipinski definition) is 6. The fourth-order valence-corrected chi connectivity index (χ4v) is 4.52. The first-order chi connectivity index (χ1) is 19.0. The summed E-state index contributed by atoms with van der Waals surface area (Å²) in [5.41, 5.74) is 1.38. The summed E-state index contributed by atoms with van der Waals surface area (Å²) in [7, 11) is 3.93. The molecule has 1 aromatic heterocycles. The van der Waals surface area contributed by atoms with Crippen LogP contribution in [0.25, 0.3) is 6.08 Å². The number of carbonyl (C=O) groups excluding carboxylic acids is 2. The molecule has 1 saturated heterocycles. The van der Waals surface area contributed by atoms with Gasteiger partial charge in [-0.2, -0.15) is 13.2 Å². The van der Waals surface area contributed by atoms with Crippen LogP contribution < -0.4 is 10.6 Å². The van der Waals surface area contributed by atoms with Crippen molar-refractivity contribution in [1.82, 2.24) is 19.8 Å². The number of halogens is 3. The first-order valence-corrected chi connectivity index (χ1v) is 12.7. The number of nitrogens with one attached hydrogen (secondary N) is 2. The summed E-state index contributed by atoms with van der Waals surface area (Å²) in [6.07, 6.45) is 3.67. The Kier molecular flexibility index (Phi) is 8.96. The molecule has 1 unspecified atom stereocenters. The Hall–Kier alpha value is -4.09. The topological polar surface area (TPSA) is 90.5 Å². The average molecular weight is 553 g/mol. The van der Waals surface area contributed by atoms with E-state index in [1.807, 2.05) is 19.0 Å². The Morgan fingerprint density at radius 3 is 2.52 bits per heavy atom. The predicted octanol–water partition coefficient (Wildman–Crippen LogP) is 4.84. The van der Waals surface area contributed by atoms with Gasteiger partial charge in [0.05, 0.1) is 5.56 Å². The van der Waals surface area contributed by atoms with E-state index < -0.39 is 23.6 Å². The Bertz CT molecular complexity index is 1390. The Morgan fingerprint density at radius 2 is 1.85 bits per heavy atom. The smallest absolute Gasteiger partial charge is 0.322 e. The molecule has 2 aromatic carbocycles. The van der Waals surface area contributed by atoms with Gasteiger partial charge in [0.1, 0.15) is 6.33 Å². The van der Waals surface area contributed by atoms with Gasteiger partial charge >= 0.3 is 6.18 Å². The van der Waals surface area contributed by atoms with Gasteiger partial charge in [0, 0.05) is 66.6 Å². The number of benzene rings is 2. The molecule has 2 amide bonds. The quantitative estimate of drug-likeness (QED) is 0.389. The third-order valence-corrected chi connectivity index (χ3v) is 6.81. The Balaban J connectivity index is 1.46. The zero-order valence-electron chi connectivity index (χ0n) is 22.5. The molecule has 2 N–H and O–H groups in total. The molecule has 1 aliphatic heterocycles. The molecule has 0 saturated carbocycles. The van der Waals surface area contributed by atoms with Crippen LogP contribution >= 0.6 is 0 Å². The van der Waals surface area contributed by atoms with E-state index >= 15 is 0 Å². The molecule has 0 radical (unpaired) electrons. The second kappa shape index (κ2) is 12.4. The number of aryl methyl sites for hydroxylation is 1. The van der Waals surface area contributed by atoms with Crippen molar-refractivity contribution >= 4 is 29.3 Å². The van der Waals surface area contributed by atoms with E-state index in [2.05, 4.69) is 25.5 Å². The summed E-state index contributed by atoms with van der Waals surface area (Å²) in [5.74, 6) is -1.09. The fraction of sp³-hybridized carbons (Fsp3) is 0.310. The van der Waals surface area contributed by atoms with Gasteiger partial charge < -0.3 is 15.5 Å². The molecular weight excluding hydrogens is 521 g/mol. The van der Waals surface area contributed by atoms with E-state index in [1.54, 1.807) is 43.6 Å². The van der Waals surface area contributed by atoms with Crippen LogP contribution in [0.5, 0.6) is 0 Å². The van der Waals surface area contributed by atoms with Crippen molar-refractivity contribution in [1.29, 1.82) is 0 Å². The van der Waals surface area contributed by atoms with Crippen molar-refractivity contribution in [3.05, 3.63) is 89.0 Å². The maximum atomic E-state index is 14.0. The number of alkyl halides is 3. The highest BCUT2D eigenvalue weighted by molar-refractivity contribution is 6.06. The number of aromatic nitrogens is 2. The van der Waals surface area contributed by atoms with Crippen LogP contribution in [0.4, 0.5) is 24.5 Å². The molecule has 40 heavy (non-hydrogen) atoms. The number of rotatable bonds is 8. The molecule has 0 bridgehead atoms. The average Bonchev–Trinajstić information content (AvgIpc) is 3.38. The summed E-state index contributed by atoms with van der Waals surface area (Å²) in [6, 6.07) is 8.87. The molecule has 0 aliphatic carbocycles. The van der Waals surface area contributed by atoms with Crippen molar-refractivity contribution in [3.8, 4) is 0 Å². The van der Waals surface area contributed by atoms with Gasteiger partial charge in [0.15, 0.2) is 0 Å². The van der Waals surface area contributed by atoms with Crippen molar-refractivity contribution in [3.63, 3.8) is 0 Å². The highest BCUT2D eigenvalue weighted by Crippen LogP contribution is 2.34. The fourth-order valence-electron chi connectivity index (χ4n) is 4.52. The summed E-state index contributed by atoms with van der Waals surface area (Å²) in [5, 5.41) is 5.38. The second-order valence-corrected chi connectivity index (χ2v) is 9.99. The SMILES string of the molecule is Cc1ccc(NC(=O)c2ccc(CN3CCC(N(C)C)C3)c(C(F)(F)F)c2)cc1NC(=O)C=Cc1cncnc1. The van der Waals surface area contributed by atoms with Crippen LogP contribution in [-0.4, -0.2) is 64.8 Å². The molecule has 3 aromatic rings. The van der Waals surface area contributed by atoms with Crippen LogP contribution in [-0.2, 0) is 17.5 Å². The van der Waals surface area contributed by atoms with Gasteiger partial charge in [-0.05, 0) is 68.9 Å². The van der Waals surface area contributed by atoms with Gasteiger partial charge in [-0.3, -0.25) is 14.5 Å². The van der Waals surface area contributed by atoms with Crippen LogP contribution in [0, 0.1) is 6.92 Å². The number of hydrogen-bond donors (Lipinski definition) is 2. The standard InChI is InChI=1S/C29H31F3N6O2/c1-19-4-8-23(13-26(19)36-27(39)9-5-20-14-33-18-34-15-20)35-28(40)21-6-7-22(25(12-21)29(30,31)32)16-38-11-10-24(17-38)37(2)3/h4-9,12-15,18,24H,10-11,16-17H2,1-3H3,(H,35,40)(H,36,39). The lowest BCUT2D eigenvalue weighted by Crippen LogP contribution is -2.31. The summed E-state index contributed by atoms with van der Waals surface area (Å²) in [4.78, 5) is 37.2. The lowest BCUT2D eigenvalue weighted by molar-refractivity contribution is -0.138. The molecular formula is C29H31F3N6O2. The monoisotopic (exact) mass is 552 g/mol. The van der Waals surface area contributed by atoms with Gasteiger partial charge in [-0.1, -0.05) is 12.1 Å². The second-order valence-electron chi connectivity index (χ2n) is 9.99. The van der Waals surface area contributed by atoms with E-state index in [-0.39, 0.29) is 17.7 Å². The van der Waals surface area contributed by atoms with E-state index in [0.717, 1.165) is 18.1 Å². The normalized spacial score (nSPS) is 16.0. The lowest BCUT2D eigenvalue weighted by atomic mass is 10.0. The molecule has 4 rings (SSSR count). The Labute approximate surface area is 230 Å². The van der Waals surface area contributed by atoms with Crippen molar-refractivity contribution < 1.29 is 22.8 Å². The van der Waals surface area contributed by atoms with Crippen LogP contribution in [0.15, 0.2) is 61.2 Å². The number of anilines is 2. The first kappa shape index (κ1) is 28.9. The summed E-state index contributed by atoms with van der Waals surface area (Å²) < 4.78 is 41.9. The summed E-state index contributed by atoms with van der Waals surface area (Å²) >= 11 is 0. The number of likely N-dealkylation sites (tertiary alicyclic amines) is 1. The highest BCUT2D eigenvalue weighted by atomic mass is 19.4. The molecule has 1 aliphatic rings. The minimum absolute atomic E-state index is 0.108. The highest BCUT2D eigenvalue weighted by Gasteiger charge is 2.35. The van der Waals surface area contributed by atoms with Crippen LogP contribution in [0.1, 0.15) is 39.0 Å². The zero-order chi connectivity index (χ0) is 28.9. The summed E-state index contributed by atoms with van der Waals surface area (Å²) in [6.45, 7) is 3.35. The minimum Gasteiger partial charge on any atom is -0.322 e. The number of likely N-dealkylation sites (N-methyl/N-ethyl adjacent to an activating group) is 1. The number of carbonyl (C=O) groups is 2. The molecule has 210 valence electrons.